The zero-order valence-electron chi connectivity index (χ0n) is 8.99. The van der Waals surface area contributed by atoms with Crippen LogP contribution in [0.3, 0.4) is 0 Å². The lowest BCUT2D eigenvalue weighted by atomic mass is 10.3. The lowest BCUT2D eigenvalue weighted by molar-refractivity contribution is -0.121. The van der Waals surface area contributed by atoms with Crippen molar-refractivity contribution in [2.75, 3.05) is 6.61 Å². The zero-order valence-corrected chi connectivity index (χ0v) is 8.99. The number of pyridine rings is 1. The van der Waals surface area contributed by atoms with Crippen LogP contribution in [0.15, 0.2) is 24.5 Å². The van der Waals surface area contributed by atoms with Gasteiger partial charge in [0.25, 0.3) is 0 Å². The molecule has 0 aromatic carbocycles. The van der Waals surface area contributed by atoms with E-state index in [0.717, 1.165) is 5.56 Å². The van der Waals surface area contributed by atoms with E-state index in [4.69, 9.17) is 4.74 Å². The predicted molar refractivity (Wildman–Crippen MR) is 55.9 cm³/mol. The molecule has 0 aliphatic heterocycles. The molecule has 0 radical (unpaired) electrons. The molecule has 0 aliphatic rings. The van der Waals surface area contributed by atoms with E-state index in [1.807, 2.05) is 26.0 Å². The van der Waals surface area contributed by atoms with Gasteiger partial charge in [0, 0.05) is 12.4 Å². The highest BCUT2D eigenvalue weighted by Gasteiger charge is 1.94. The molecule has 14 heavy (non-hydrogen) atoms. The molecule has 0 fully saturated rings. The Bertz CT molecular complexity index is 247. The molecule has 0 bridgehead atoms. The summed E-state index contributed by atoms with van der Waals surface area (Å²) in [7, 11) is 0. The Hall–Kier alpha value is -1.22. The van der Waals surface area contributed by atoms with E-state index in [-0.39, 0.29) is 12.4 Å². The van der Waals surface area contributed by atoms with Gasteiger partial charge in [0.15, 0.2) is 5.78 Å². The van der Waals surface area contributed by atoms with Crippen molar-refractivity contribution >= 4 is 5.78 Å². The van der Waals surface area contributed by atoms with E-state index in [1.54, 1.807) is 12.4 Å². The van der Waals surface area contributed by atoms with Crippen LogP contribution < -0.4 is 0 Å². The van der Waals surface area contributed by atoms with Gasteiger partial charge in [0.05, 0.1) is 6.61 Å². The van der Waals surface area contributed by atoms with Gasteiger partial charge in [-0.05, 0) is 18.6 Å². The van der Waals surface area contributed by atoms with E-state index < -0.39 is 0 Å². The first-order valence-electron chi connectivity index (χ1n) is 4.75. The van der Waals surface area contributed by atoms with Crippen LogP contribution in [0.5, 0.6) is 0 Å². The highest BCUT2D eigenvalue weighted by atomic mass is 16.5. The second kappa shape index (κ2) is 8.38. The number of carbonyl (C=O) groups is 1. The Morgan fingerprint density at radius 3 is 2.71 bits per heavy atom. The zero-order chi connectivity index (χ0) is 10.8. The van der Waals surface area contributed by atoms with Crippen molar-refractivity contribution in [1.29, 1.82) is 0 Å². The monoisotopic (exact) mass is 195 g/mol. The molecule has 0 amide bonds. The first-order valence-corrected chi connectivity index (χ1v) is 4.75. The number of ether oxygens (including phenoxy) is 1. The second-order valence-electron chi connectivity index (χ2n) is 2.56. The molecular formula is C11H17NO2. The first-order chi connectivity index (χ1) is 6.79. The third kappa shape index (κ3) is 6.31. The van der Waals surface area contributed by atoms with Crippen molar-refractivity contribution in [2.24, 2.45) is 0 Å². The maximum Gasteiger partial charge on any atom is 0.155 e. The molecule has 1 rings (SSSR count). The molecule has 0 aliphatic carbocycles. The largest absolute Gasteiger partial charge is 0.369 e. The van der Waals surface area contributed by atoms with Crippen molar-refractivity contribution in [2.45, 2.75) is 27.4 Å². The number of rotatable bonds is 4. The summed E-state index contributed by atoms with van der Waals surface area (Å²) in [6.07, 6.45) is 3.43. The lowest BCUT2D eigenvalue weighted by Crippen LogP contribution is -2.03. The Balaban J connectivity index is 0.000000791. The number of aromatic nitrogens is 1. The average molecular weight is 195 g/mol. The van der Waals surface area contributed by atoms with E-state index >= 15 is 0 Å². The van der Waals surface area contributed by atoms with Crippen LogP contribution in [0.4, 0.5) is 0 Å². The van der Waals surface area contributed by atoms with Crippen LogP contribution in [0.2, 0.25) is 0 Å². The summed E-state index contributed by atoms with van der Waals surface area (Å²) in [5.41, 5.74) is 0.985. The van der Waals surface area contributed by atoms with Crippen molar-refractivity contribution < 1.29 is 9.53 Å². The summed E-state index contributed by atoms with van der Waals surface area (Å²) in [5, 5.41) is 0. The fourth-order valence-electron chi connectivity index (χ4n) is 0.796. The summed E-state index contributed by atoms with van der Waals surface area (Å²) < 4.78 is 5.09. The minimum absolute atomic E-state index is 0.0406. The molecule has 0 unspecified atom stereocenters. The number of ketones is 1. The fraction of sp³-hybridized carbons (Fsp3) is 0.455. The number of hydrogen-bond donors (Lipinski definition) is 0. The van der Waals surface area contributed by atoms with Crippen molar-refractivity contribution in [3.05, 3.63) is 30.1 Å². The van der Waals surface area contributed by atoms with Crippen molar-refractivity contribution in [3.63, 3.8) is 0 Å². The van der Waals surface area contributed by atoms with Crippen LogP contribution in [0.1, 0.15) is 26.3 Å². The predicted octanol–water partition coefficient (Wildman–Crippen LogP) is 2.21. The van der Waals surface area contributed by atoms with Crippen LogP contribution in [0, 0.1) is 0 Å². The van der Waals surface area contributed by atoms with Gasteiger partial charge in [-0.15, -0.1) is 0 Å². The number of carbonyl (C=O) groups excluding carboxylic acids is 1. The van der Waals surface area contributed by atoms with Crippen LogP contribution >= 0.6 is 0 Å². The molecule has 3 nitrogen and oxygen atoms in total. The van der Waals surface area contributed by atoms with Gasteiger partial charge in [0.1, 0.15) is 6.61 Å². The summed E-state index contributed by atoms with van der Waals surface area (Å²) in [5.74, 6) is 0.0406. The maximum atomic E-state index is 10.5. The van der Waals surface area contributed by atoms with Gasteiger partial charge >= 0.3 is 0 Å². The standard InChI is InChI=1S/C9H11NO2.C2H6/c1-8(11)6-12-7-9-3-2-4-10-5-9;1-2/h2-5H,6-7H2,1H3;1-2H3. The summed E-state index contributed by atoms with van der Waals surface area (Å²) in [6, 6.07) is 3.75. The van der Waals surface area contributed by atoms with Crippen LogP contribution in [-0.2, 0) is 16.1 Å². The second-order valence-corrected chi connectivity index (χ2v) is 2.56. The molecule has 0 saturated carbocycles. The molecule has 78 valence electrons. The average Bonchev–Trinajstić information content (AvgIpc) is 2.22. The third-order valence-electron chi connectivity index (χ3n) is 1.30. The summed E-state index contributed by atoms with van der Waals surface area (Å²) in [6.45, 7) is 6.13. The van der Waals surface area contributed by atoms with Gasteiger partial charge < -0.3 is 4.74 Å². The molecule has 0 atom stereocenters. The molecule has 0 saturated heterocycles. The minimum Gasteiger partial charge on any atom is -0.369 e. The van der Waals surface area contributed by atoms with E-state index in [9.17, 15) is 4.79 Å². The van der Waals surface area contributed by atoms with Gasteiger partial charge in [-0.3, -0.25) is 9.78 Å². The first kappa shape index (κ1) is 12.8. The lowest BCUT2D eigenvalue weighted by Gasteiger charge is -1.99. The van der Waals surface area contributed by atoms with E-state index in [1.165, 1.54) is 6.92 Å². The van der Waals surface area contributed by atoms with Crippen molar-refractivity contribution in [3.8, 4) is 0 Å². The molecule has 0 N–H and O–H groups in total. The SMILES string of the molecule is CC.CC(=O)COCc1cccnc1. The highest BCUT2D eigenvalue weighted by molar-refractivity contribution is 5.76. The van der Waals surface area contributed by atoms with Crippen LogP contribution in [-0.4, -0.2) is 17.4 Å². The Morgan fingerprint density at radius 2 is 2.21 bits per heavy atom. The Morgan fingerprint density at radius 1 is 1.50 bits per heavy atom. The fourth-order valence-corrected chi connectivity index (χ4v) is 0.796. The molecule has 3 heteroatoms. The summed E-state index contributed by atoms with van der Waals surface area (Å²) >= 11 is 0. The van der Waals surface area contributed by atoms with Gasteiger partial charge in [-0.25, -0.2) is 0 Å². The van der Waals surface area contributed by atoms with Crippen molar-refractivity contribution in [1.82, 2.24) is 4.98 Å². The topological polar surface area (TPSA) is 39.2 Å². The van der Waals surface area contributed by atoms with Gasteiger partial charge in [-0.1, -0.05) is 19.9 Å². The molecule has 1 heterocycles. The Kier molecular flexibility index (Phi) is 7.65. The van der Waals surface area contributed by atoms with Gasteiger partial charge in [0.2, 0.25) is 0 Å². The Labute approximate surface area is 85.1 Å². The van der Waals surface area contributed by atoms with Gasteiger partial charge in [-0.2, -0.15) is 0 Å². The maximum absolute atomic E-state index is 10.5. The molecule has 1 aromatic heterocycles. The molecular weight excluding hydrogens is 178 g/mol. The number of nitrogens with zero attached hydrogens (tertiary/aromatic N) is 1. The third-order valence-corrected chi connectivity index (χ3v) is 1.30. The molecule has 1 aromatic rings. The smallest absolute Gasteiger partial charge is 0.155 e. The van der Waals surface area contributed by atoms with E-state index in [0.29, 0.717) is 6.61 Å². The highest BCUT2D eigenvalue weighted by Crippen LogP contribution is 1.97. The number of Topliss-reactive ketones (excluding diaryl/α,β-unsaturated/α-hetero) is 1. The minimum atomic E-state index is 0.0406. The van der Waals surface area contributed by atoms with Crippen LogP contribution in [0.25, 0.3) is 0 Å². The summed E-state index contributed by atoms with van der Waals surface area (Å²) in [4.78, 5) is 14.4. The normalized spacial score (nSPS) is 8.79. The quantitative estimate of drug-likeness (QED) is 0.739. The molecule has 0 spiro atoms. The number of hydrogen-bond acceptors (Lipinski definition) is 3. The van der Waals surface area contributed by atoms with E-state index in [2.05, 4.69) is 4.98 Å².